The van der Waals surface area contributed by atoms with Crippen molar-refractivity contribution in [3.8, 4) is 5.75 Å². The average molecular weight is 299 g/mol. The number of carbonyl (C=O) groups is 1. The first-order valence-corrected chi connectivity index (χ1v) is 7.08. The summed E-state index contributed by atoms with van der Waals surface area (Å²) < 4.78 is 5.73. The molecule has 1 amide bonds. The molecule has 0 radical (unpaired) electrons. The number of benzene rings is 1. The zero-order valence-electron chi connectivity index (χ0n) is 12.5. The van der Waals surface area contributed by atoms with Crippen molar-refractivity contribution < 1.29 is 9.53 Å². The molecule has 112 valence electrons. The summed E-state index contributed by atoms with van der Waals surface area (Å²) in [5.74, 6) is 0.502. The normalized spacial score (nSPS) is 12.9. The Kier molecular flexibility index (Phi) is 5.84. The fourth-order valence-corrected chi connectivity index (χ4v) is 1.92. The fraction of sp³-hybridized carbons (Fsp3) is 0.533. The molecule has 1 aromatic rings. The summed E-state index contributed by atoms with van der Waals surface area (Å²) in [6.07, 6.45) is 0.0793. The Bertz CT molecular complexity index is 469. The van der Waals surface area contributed by atoms with E-state index in [9.17, 15) is 4.79 Å². The molecule has 3 N–H and O–H groups in total. The number of amides is 1. The van der Waals surface area contributed by atoms with Gasteiger partial charge in [-0.3, -0.25) is 4.79 Å². The van der Waals surface area contributed by atoms with Gasteiger partial charge >= 0.3 is 0 Å². The lowest BCUT2D eigenvalue weighted by Gasteiger charge is -2.24. The number of carbonyl (C=O) groups excluding carboxylic acids is 1. The fourth-order valence-electron chi connectivity index (χ4n) is 1.73. The van der Waals surface area contributed by atoms with Crippen LogP contribution in [0.2, 0.25) is 5.02 Å². The Morgan fingerprint density at radius 1 is 1.45 bits per heavy atom. The summed E-state index contributed by atoms with van der Waals surface area (Å²) in [6.45, 7) is 8.01. The van der Waals surface area contributed by atoms with Gasteiger partial charge in [-0.1, -0.05) is 11.6 Å². The molecular formula is C15H23ClN2O2. The second-order valence-electron chi connectivity index (χ2n) is 5.79. The van der Waals surface area contributed by atoms with E-state index in [0.29, 0.717) is 23.7 Å². The molecule has 1 unspecified atom stereocenters. The Labute approximate surface area is 125 Å². The summed E-state index contributed by atoms with van der Waals surface area (Å²) >= 11 is 5.96. The highest BCUT2D eigenvalue weighted by Crippen LogP contribution is 2.24. The van der Waals surface area contributed by atoms with Gasteiger partial charge in [-0.15, -0.1) is 0 Å². The van der Waals surface area contributed by atoms with E-state index < -0.39 is 6.10 Å². The second kappa shape index (κ2) is 6.95. The van der Waals surface area contributed by atoms with E-state index in [-0.39, 0.29) is 11.4 Å². The summed E-state index contributed by atoms with van der Waals surface area (Å²) in [5, 5.41) is 3.52. The van der Waals surface area contributed by atoms with Gasteiger partial charge in [0, 0.05) is 10.6 Å². The molecule has 0 heterocycles. The van der Waals surface area contributed by atoms with Crippen LogP contribution >= 0.6 is 11.6 Å². The summed E-state index contributed by atoms with van der Waals surface area (Å²) in [5.41, 5.74) is 6.20. The number of hydrogen-bond acceptors (Lipinski definition) is 3. The molecule has 0 aliphatic rings. The van der Waals surface area contributed by atoms with Crippen molar-refractivity contribution in [1.29, 1.82) is 0 Å². The molecule has 20 heavy (non-hydrogen) atoms. The van der Waals surface area contributed by atoms with E-state index in [1.165, 1.54) is 0 Å². The lowest BCUT2D eigenvalue weighted by Crippen LogP contribution is -2.46. The van der Waals surface area contributed by atoms with E-state index >= 15 is 0 Å². The molecule has 0 aliphatic heterocycles. The maximum atomic E-state index is 12.0. The summed E-state index contributed by atoms with van der Waals surface area (Å²) in [6, 6.07) is 5.33. The number of nitrogens with one attached hydrogen (secondary N) is 1. The molecule has 1 atom stereocenters. The van der Waals surface area contributed by atoms with Gasteiger partial charge in [-0.05, 0) is 64.4 Å². The summed E-state index contributed by atoms with van der Waals surface area (Å²) in [4.78, 5) is 12.0. The summed E-state index contributed by atoms with van der Waals surface area (Å²) in [7, 11) is 0. The third kappa shape index (κ3) is 5.39. The van der Waals surface area contributed by atoms with Crippen molar-refractivity contribution in [2.24, 2.45) is 5.73 Å². The monoisotopic (exact) mass is 298 g/mol. The minimum Gasteiger partial charge on any atom is -0.481 e. The number of ether oxygens (including phenoxy) is 1. The van der Waals surface area contributed by atoms with Gasteiger partial charge in [0.2, 0.25) is 0 Å². The first kappa shape index (κ1) is 16.8. The van der Waals surface area contributed by atoms with Crippen LogP contribution in [0.4, 0.5) is 0 Å². The SMILES string of the molecule is CC(Oc1ccc(Cl)cc1CCN)C(=O)NC(C)(C)C. The van der Waals surface area contributed by atoms with E-state index in [1.807, 2.05) is 26.8 Å². The van der Waals surface area contributed by atoms with Crippen LogP contribution < -0.4 is 15.8 Å². The molecule has 0 bridgehead atoms. The minimum atomic E-state index is -0.577. The Morgan fingerprint density at radius 3 is 2.65 bits per heavy atom. The van der Waals surface area contributed by atoms with E-state index in [4.69, 9.17) is 22.1 Å². The highest BCUT2D eigenvalue weighted by Gasteiger charge is 2.21. The van der Waals surface area contributed by atoms with E-state index in [0.717, 1.165) is 5.56 Å². The molecule has 0 aliphatic carbocycles. The first-order valence-electron chi connectivity index (χ1n) is 6.70. The van der Waals surface area contributed by atoms with Gasteiger partial charge < -0.3 is 15.8 Å². The van der Waals surface area contributed by atoms with Crippen LogP contribution in [0.1, 0.15) is 33.3 Å². The zero-order chi connectivity index (χ0) is 15.3. The van der Waals surface area contributed by atoms with E-state index in [2.05, 4.69) is 5.32 Å². The van der Waals surface area contributed by atoms with Gasteiger partial charge in [0.25, 0.3) is 5.91 Å². The Balaban J connectivity index is 2.79. The third-order valence-corrected chi connectivity index (χ3v) is 2.84. The smallest absolute Gasteiger partial charge is 0.261 e. The molecule has 0 fully saturated rings. The largest absolute Gasteiger partial charge is 0.481 e. The van der Waals surface area contributed by atoms with Crippen LogP contribution in [0, 0.1) is 0 Å². The predicted octanol–water partition coefficient (Wildman–Crippen LogP) is 2.52. The van der Waals surface area contributed by atoms with Crippen molar-refractivity contribution >= 4 is 17.5 Å². The van der Waals surface area contributed by atoms with Gasteiger partial charge in [-0.25, -0.2) is 0 Å². The van der Waals surface area contributed by atoms with Gasteiger partial charge in [0.15, 0.2) is 6.10 Å². The quantitative estimate of drug-likeness (QED) is 0.878. The number of halogens is 1. The third-order valence-electron chi connectivity index (χ3n) is 2.61. The van der Waals surface area contributed by atoms with Crippen LogP contribution in [0.5, 0.6) is 5.75 Å². The van der Waals surface area contributed by atoms with Crippen LogP contribution in [0.15, 0.2) is 18.2 Å². The lowest BCUT2D eigenvalue weighted by molar-refractivity contribution is -0.128. The van der Waals surface area contributed by atoms with Crippen molar-refractivity contribution in [3.63, 3.8) is 0 Å². The van der Waals surface area contributed by atoms with Crippen molar-refractivity contribution in [3.05, 3.63) is 28.8 Å². The van der Waals surface area contributed by atoms with Crippen LogP contribution in [0.25, 0.3) is 0 Å². The number of hydrogen-bond donors (Lipinski definition) is 2. The average Bonchev–Trinajstić information content (AvgIpc) is 2.30. The second-order valence-corrected chi connectivity index (χ2v) is 6.23. The molecule has 0 saturated carbocycles. The van der Waals surface area contributed by atoms with Crippen molar-refractivity contribution in [1.82, 2.24) is 5.32 Å². The van der Waals surface area contributed by atoms with Gasteiger partial charge in [-0.2, -0.15) is 0 Å². The van der Waals surface area contributed by atoms with Crippen LogP contribution in [0.3, 0.4) is 0 Å². The van der Waals surface area contributed by atoms with Crippen LogP contribution in [-0.2, 0) is 11.2 Å². The first-order chi connectivity index (χ1) is 9.23. The highest BCUT2D eigenvalue weighted by atomic mass is 35.5. The predicted molar refractivity (Wildman–Crippen MR) is 82.2 cm³/mol. The zero-order valence-corrected chi connectivity index (χ0v) is 13.3. The molecule has 1 rings (SSSR count). The Morgan fingerprint density at radius 2 is 2.10 bits per heavy atom. The molecule has 0 spiro atoms. The van der Waals surface area contributed by atoms with Crippen molar-refractivity contribution in [2.75, 3.05) is 6.54 Å². The molecule has 0 saturated heterocycles. The molecule has 1 aromatic carbocycles. The highest BCUT2D eigenvalue weighted by molar-refractivity contribution is 6.30. The standard InChI is InChI=1S/C15H23ClN2O2/c1-10(14(19)18-15(2,3)4)20-13-6-5-12(16)9-11(13)7-8-17/h5-6,9-10H,7-8,17H2,1-4H3,(H,18,19). The van der Waals surface area contributed by atoms with Gasteiger partial charge in [0.1, 0.15) is 5.75 Å². The van der Waals surface area contributed by atoms with E-state index in [1.54, 1.807) is 19.1 Å². The Hall–Kier alpha value is -1.26. The number of nitrogens with two attached hydrogens (primary N) is 1. The molecule has 5 heteroatoms. The number of rotatable bonds is 5. The minimum absolute atomic E-state index is 0.147. The maximum absolute atomic E-state index is 12.0. The maximum Gasteiger partial charge on any atom is 0.261 e. The molecule has 0 aromatic heterocycles. The molecule has 4 nitrogen and oxygen atoms in total. The van der Waals surface area contributed by atoms with Crippen molar-refractivity contribution in [2.45, 2.75) is 45.8 Å². The molecular weight excluding hydrogens is 276 g/mol. The van der Waals surface area contributed by atoms with Crippen LogP contribution in [-0.4, -0.2) is 24.1 Å². The lowest BCUT2D eigenvalue weighted by atomic mass is 10.1. The van der Waals surface area contributed by atoms with Gasteiger partial charge in [0.05, 0.1) is 0 Å². The topological polar surface area (TPSA) is 64.3 Å².